The molecule has 0 fully saturated rings. The smallest absolute Gasteiger partial charge is 0.287 e. The minimum atomic E-state index is -0.461. The highest BCUT2D eigenvalue weighted by atomic mass is 16.6. The van der Waals surface area contributed by atoms with Gasteiger partial charge in [-0.2, -0.15) is 0 Å². The number of nitrogens with one attached hydrogen (secondary N) is 1. The van der Waals surface area contributed by atoms with Crippen LogP contribution in [0.1, 0.15) is 17.1 Å². The summed E-state index contributed by atoms with van der Waals surface area (Å²) in [4.78, 5) is 22.5. The van der Waals surface area contributed by atoms with E-state index in [-0.39, 0.29) is 5.69 Å². The molecule has 0 unspecified atom stereocenters. The van der Waals surface area contributed by atoms with Crippen molar-refractivity contribution in [3.05, 3.63) is 51.7 Å². The van der Waals surface area contributed by atoms with Gasteiger partial charge >= 0.3 is 0 Å². The van der Waals surface area contributed by atoms with Crippen LogP contribution < -0.4 is 5.32 Å². The molecule has 19 heavy (non-hydrogen) atoms. The van der Waals surface area contributed by atoms with E-state index < -0.39 is 4.92 Å². The minimum Gasteiger partial charge on any atom is -0.364 e. The molecule has 0 saturated heterocycles. The van der Waals surface area contributed by atoms with Gasteiger partial charge in [-0.3, -0.25) is 10.1 Å². The SMILES string of the molecule is Cc1nccc(CNc2ncc([N+](=O)[O-])cc2C)n1. The second-order valence-electron chi connectivity index (χ2n) is 4.06. The van der Waals surface area contributed by atoms with Crippen LogP contribution in [0.5, 0.6) is 0 Å². The Balaban J connectivity index is 2.10. The third kappa shape index (κ3) is 3.21. The summed E-state index contributed by atoms with van der Waals surface area (Å²) in [7, 11) is 0. The van der Waals surface area contributed by atoms with E-state index in [9.17, 15) is 10.1 Å². The zero-order valence-electron chi connectivity index (χ0n) is 10.6. The van der Waals surface area contributed by atoms with Crippen LogP contribution >= 0.6 is 0 Å². The van der Waals surface area contributed by atoms with Crippen molar-refractivity contribution in [3.8, 4) is 0 Å². The summed E-state index contributed by atoms with van der Waals surface area (Å²) < 4.78 is 0. The third-order valence-electron chi connectivity index (χ3n) is 2.55. The second-order valence-corrected chi connectivity index (χ2v) is 4.06. The summed E-state index contributed by atoms with van der Waals surface area (Å²) in [6, 6.07) is 3.29. The summed E-state index contributed by atoms with van der Waals surface area (Å²) in [5.41, 5.74) is 1.55. The van der Waals surface area contributed by atoms with E-state index in [1.165, 1.54) is 12.3 Å². The lowest BCUT2D eigenvalue weighted by Crippen LogP contribution is -2.06. The lowest BCUT2D eigenvalue weighted by Gasteiger charge is -2.07. The molecule has 0 aliphatic carbocycles. The molecule has 7 nitrogen and oxygen atoms in total. The van der Waals surface area contributed by atoms with Crippen LogP contribution in [-0.2, 0) is 6.54 Å². The van der Waals surface area contributed by atoms with Gasteiger partial charge in [0, 0.05) is 12.3 Å². The van der Waals surface area contributed by atoms with Crippen molar-refractivity contribution in [2.45, 2.75) is 20.4 Å². The zero-order valence-corrected chi connectivity index (χ0v) is 10.6. The Kier molecular flexibility index (Phi) is 3.65. The molecule has 98 valence electrons. The van der Waals surface area contributed by atoms with Gasteiger partial charge in [-0.25, -0.2) is 15.0 Å². The predicted octanol–water partition coefficient (Wildman–Crippen LogP) is 2.01. The Morgan fingerprint density at radius 3 is 2.79 bits per heavy atom. The normalized spacial score (nSPS) is 10.2. The third-order valence-corrected chi connectivity index (χ3v) is 2.55. The Hall–Kier alpha value is -2.57. The van der Waals surface area contributed by atoms with Crippen molar-refractivity contribution in [1.82, 2.24) is 15.0 Å². The first kappa shape index (κ1) is 12.9. The molecule has 2 heterocycles. The Labute approximate surface area is 109 Å². The molecule has 0 radical (unpaired) electrons. The molecule has 1 N–H and O–H groups in total. The fourth-order valence-corrected chi connectivity index (χ4v) is 1.62. The number of hydrogen-bond donors (Lipinski definition) is 1. The van der Waals surface area contributed by atoms with Crippen molar-refractivity contribution in [2.75, 3.05) is 5.32 Å². The predicted molar refractivity (Wildman–Crippen MR) is 69.7 cm³/mol. The molecule has 0 bridgehead atoms. The molecule has 0 aliphatic rings. The average Bonchev–Trinajstić information content (AvgIpc) is 2.37. The number of nitrogens with zero attached hydrogens (tertiary/aromatic N) is 4. The molecule has 2 aromatic rings. The summed E-state index contributed by atoms with van der Waals surface area (Å²) in [6.07, 6.45) is 2.93. The molecule has 2 rings (SSSR count). The minimum absolute atomic E-state index is 0.0130. The fraction of sp³-hybridized carbons (Fsp3) is 0.250. The van der Waals surface area contributed by atoms with E-state index in [0.29, 0.717) is 18.2 Å². The molecule has 0 aromatic carbocycles. The highest BCUT2D eigenvalue weighted by Crippen LogP contribution is 2.18. The van der Waals surface area contributed by atoms with Crippen LogP contribution in [0.3, 0.4) is 0 Å². The van der Waals surface area contributed by atoms with E-state index in [1.54, 1.807) is 19.2 Å². The van der Waals surface area contributed by atoms with Crippen molar-refractivity contribution in [2.24, 2.45) is 0 Å². The number of hydrogen-bond acceptors (Lipinski definition) is 6. The lowest BCUT2D eigenvalue weighted by atomic mass is 10.2. The van der Waals surface area contributed by atoms with E-state index in [0.717, 1.165) is 11.3 Å². The first-order chi connectivity index (χ1) is 9.06. The van der Waals surface area contributed by atoms with Gasteiger partial charge in [0.1, 0.15) is 17.8 Å². The number of anilines is 1. The van der Waals surface area contributed by atoms with Crippen molar-refractivity contribution >= 4 is 11.5 Å². The van der Waals surface area contributed by atoms with Crippen LogP contribution in [0.25, 0.3) is 0 Å². The van der Waals surface area contributed by atoms with Crippen molar-refractivity contribution in [3.63, 3.8) is 0 Å². The number of aryl methyl sites for hydroxylation is 2. The Morgan fingerprint density at radius 1 is 1.37 bits per heavy atom. The molecule has 7 heteroatoms. The molecule has 0 atom stereocenters. The first-order valence-corrected chi connectivity index (χ1v) is 5.69. The van der Waals surface area contributed by atoms with Crippen LogP contribution in [0.15, 0.2) is 24.5 Å². The lowest BCUT2D eigenvalue weighted by molar-refractivity contribution is -0.385. The van der Waals surface area contributed by atoms with E-state index in [4.69, 9.17) is 0 Å². The van der Waals surface area contributed by atoms with Crippen molar-refractivity contribution in [1.29, 1.82) is 0 Å². The summed E-state index contributed by atoms with van der Waals surface area (Å²) in [5.74, 6) is 1.31. The summed E-state index contributed by atoms with van der Waals surface area (Å²) in [5, 5.41) is 13.7. The average molecular weight is 259 g/mol. The fourth-order valence-electron chi connectivity index (χ4n) is 1.62. The van der Waals surface area contributed by atoms with E-state index in [2.05, 4.69) is 20.3 Å². The highest BCUT2D eigenvalue weighted by Gasteiger charge is 2.09. The zero-order chi connectivity index (χ0) is 13.8. The van der Waals surface area contributed by atoms with Crippen molar-refractivity contribution < 1.29 is 4.92 Å². The maximum atomic E-state index is 10.6. The summed E-state index contributed by atoms with van der Waals surface area (Å²) >= 11 is 0. The van der Waals surface area contributed by atoms with Gasteiger partial charge in [0.15, 0.2) is 0 Å². The number of pyridine rings is 1. The monoisotopic (exact) mass is 259 g/mol. The molecule has 2 aromatic heterocycles. The molecular weight excluding hydrogens is 246 g/mol. The maximum absolute atomic E-state index is 10.6. The quantitative estimate of drug-likeness (QED) is 0.666. The Bertz CT molecular complexity index is 615. The Morgan fingerprint density at radius 2 is 2.16 bits per heavy atom. The molecular formula is C12H13N5O2. The highest BCUT2D eigenvalue weighted by molar-refractivity contribution is 5.48. The molecule has 0 aliphatic heterocycles. The van der Waals surface area contributed by atoms with E-state index >= 15 is 0 Å². The maximum Gasteiger partial charge on any atom is 0.287 e. The topological polar surface area (TPSA) is 93.8 Å². The van der Waals surface area contributed by atoms with Gasteiger partial charge in [-0.05, 0) is 25.5 Å². The van der Waals surface area contributed by atoms with Gasteiger partial charge in [-0.15, -0.1) is 0 Å². The van der Waals surface area contributed by atoms with Crippen LogP contribution in [0, 0.1) is 24.0 Å². The largest absolute Gasteiger partial charge is 0.364 e. The first-order valence-electron chi connectivity index (χ1n) is 5.69. The van der Waals surface area contributed by atoms with Gasteiger partial charge in [0.25, 0.3) is 5.69 Å². The van der Waals surface area contributed by atoms with Gasteiger partial charge in [-0.1, -0.05) is 0 Å². The molecule has 0 saturated carbocycles. The van der Waals surface area contributed by atoms with Gasteiger partial charge in [0.05, 0.1) is 17.2 Å². The second kappa shape index (κ2) is 5.38. The number of nitro groups is 1. The van der Waals surface area contributed by atoms with Gasteiger partial charge < -0.3 is 5.32 Å². The molecule has 0 spiro atoms. The molecule has 0 amide bonds. The van der Waals surface area contributed by atoms with Crippen LogP contribution in [0.4, 0.5) is 11.5 Å². The van der Waals surface area contributed by atoms with Gasteiger partial charge in [0.2, 0.25) is 0 Å². The van der Waals surface area contributed by atoms with Crippen LogP contribution in [0.2, 0.25) is 0 Å². The standard InChI is InChI=1S/C12H13N5O2/c1-8-5-11(17(18)19)7-15-12(8)14-6-10-3-4-13-9(2)16-10/h3-5,7H,6H2,1-2H3,(H,14,15). The number of aromatic nitrogens is 3. The summed E-state index contributed by atoms with van der Waals surface area (Å²) in [6.45, 7) is 4.08. The number of rotatable bonds is 4. The van der Waals surface area contributed by atoms with E-state index in [1.807, 2.05) is 6.92 Å². The van der Waals surface area contributed by atoms with Crippen LogP contribution in [-0.4, -0.2) is 19.9 Å².